The predicted octanol–water partition coefficient (Wildman–Crippen LogP) is 0.790. The largest absolute Gasteiger partial charge is 0.492 e. The minimum atomic E-state index is -0.332. The van der Waals surface area contributed by atoms with E-state index in [4.69, 9.17) is 9.47 Å². The average molecular weight is 349 g/mol. The molecule has 0 saturated carbocycles. The number of carbonyl (C=O) groups excluding carboxylic acids is 2. The molecule has 0 aromatic heterocycles. The van der Waals surface area contributed by atoms with Crippen LogP contribution in [0.3, 0.4) is 0 Å². The van der Waals surface area contributed by atoms with Crippen LogP contribution in [0.2, 0.25) is 0 Å². The number of rotatable bonds is 10. The van der Waals surface area contributed by atoms with Gasteiger partial charge in [0.1, 0.15) is 5.75 Å². The molecular weight excluding hydrogens is 322 g/mol. The van der Waals surface area contributed by atoms with E-state index >= 15 is 0 Å². The normalized spacial score (nSPS) is 17.0. The highest BCUT2D eigenvalue weighted by atomic mass is 16.5. The molecule has 1 fully saturated rings. The highest BCUT2D eigenvalue weighted by molar-refractivity contribution is 6.01. The van der Waals surface area contributed by atoms with Gasteiger partial charge in [0.25, 0.3) is 0 Å². The zero-order valence-electron chi connectivity index (χ0n) is 14.9. The second-order valence-corrected chi connectivity index (χ2v) is 5.84. The van der Waals surface area contributed by atoms with Crippen LogP contribution in [-0.4, -0.2) is 58.3 Å². The molecule has 138 valence electrons. The van der Waals surface area contributed by atoms with Gasteiger partial charge in [-0.05, 0) is 19.1 Å². The van der Waals surface area contributed by atoms with Gasteiger partial charge in [-0.3, -0.25) is 9.59 Å². The van der Waals surface area contributed by atoms with Crippen LogP contribution in [0.15, 0.2) is 24.3 Å². The van der Waals surface area contributed by atoms with Gasteiger partial charge in [-0.2, -0.15) is 0 Å². The first-order chi connectivity index (χ1) is 12.2. The van der Waals surface area contributed by atoms with Crippen LogP contribution in [0, 0.1) is 5.92 Å². The lowest BCUT2D eigenvalue weighted by atomic mass is 10.1. The first-order valence-electron chi connectivity index (χ1n) is 8.67. The second kappa shape index (κ2) is 10.0. The Hall–Kier alpha value is -2.12. The van der Waals surface area contributed by atoms with Gasteiger partial charge in [0, 0.05) is 39.7 Å². The third-order valence-corrected chi connectivity index (χ3v) is 4.04. The third kappa shape index (κ3) is 5.44. The Balaban J connectivity index is 1.86. The number of hydrogen-bond acceptors (Lipinski definition) is 5. The van der Waals surface area contributed by atoms with E-state index in [0.29, 0.717) is 38.6 Å². The second-order valence-electron chi connectivity index (χ2n) is 5.84. The Bertz CT molecular complexity index is 579. The van der Waals surface area contributed by atoms with E-state index in [2.05, 4.69) is 10.6 Å². The van der Waals surface area contributed by atoms with E-state index in [0.717, 1.165) is 12.2 Å². The van der Waals surface area contributed by atoms with Crippen LogP contribution in [0.25, 0.3) is 0 Å². The minimum absolute atomic E-state index is 0.0504. The fourth-order valence-electron chi connectivity index (χ4n) is 2.79. The number of hydrogen-bond donors (Lipinski definition) is 2. The maximum Gasteiger partial charge on any atom is 0.227 e. The summed E-state index contributed by atoms with van der Waals surface area (Å²) in [5, 5.41) is 6.05. The first kappa shape index (κ1) is 19.2. The number of amides is 2. The lowest BCUT2D eigenvalue weighted by molar-refractivity contribution is -0.126. The van der Waals surface area contributed by atoms with E-state index in [1.165, 1.54) is 0 Å². The van der Waals surface area contributed by atoms with Gasteiger partial charge >= 0.3 is 0 Å². The summed E-state index contributed by atoms with van der Waals surface area (Å²) in [6.45, 7) is 5.40. The van der Waals surface area contributed by atoms with Crippen molar-refractivity contribution in [1.29, 1.82) is 0 Å². The van der Waals surface area contributed by atoms with Crippen LogP contribution in [0.4, 0.5) is 5.69 Å². The van der Waals surface area contributed by atoms with Crippen molar-refractivity contribution in [2.75, 3.05) is 51.4 Å². The number of nitrogens with zero attached hydrogens (tertiary/aromatic N) is 1. The molecule has 2 amide bonds. The van der Waals surface area contributed by atoms with Crippen molar-refractivity contribution in [2.24, 2.45) is 5.92 Å². The van der Waals surface area contributed by atoms with Gasteiger partial charge in [-0.15, -0.1) is 0 Å². The SMILES string of the molecule is CCOc1ccccc1N1CC(C(=O)NCCNCCOC)CC1=O. The van der Waals surface area contributed by atoms with Crippen molar-refractivity contribution in [2.45, 2.75) is 13.3 Å². The highest BCUT2D eigenvalue weighted by Crippen LogP contribution is 2.33. The van der Waals surface area contributed by atoms with Gasteiger partial charge < -0.3 is 25.0 Å². The molecule has 7 heteroatoms. The van der Waals surface area contributed by atoms with Gasteiger partial charge in [-0.25, -0.2) is 0 Å². The summed E-state index contributed by atoms with van der Waals surface area (Å²) in [6, 6.07) is 7.42. The summed E-state index contributed by atoms with van der Waals surface area (Å²) < 4.78 is 10.5. The lowest BCUT2D eigenvalue weighted by Gasteiger charge is -2.20. The highest BCUT2D eigenvalue weighted by Gasteiger charge is 2.36. The zero-order valence-corrected chi connectivity index (χ0v) is 14.9. The van der Waals surface area contributed by atoms with Crippen LogP contribution in [0.5, 0.6) is 5.75 Å². The number of anilines is 1. The molecule has 1 aliphatic rings. The van der Waals surface area contributed by atoms with Crippen LogP contribution >= 0.6 is 0 Å². The summed E-state index contributed by atoms with van der Waals surface area (Å²) in [4.78, 5) is 26.3. The third-order valence-electron chi connectivity index (χ3n) is 4.04. The molecule has 7 nitrogen and oxygen atoms in total. The van der Waals surface area contributed by atoms with Crippen LogP contribution in [-0.2, 0) is 14.3 Å². The first-order valence-corrected chi connectivity index (χ1v) is 8.67. The number of carbonyl (C=O) groups is 2. The summed E-state index contributed by atoms with van der Waals surface area (Å²) in [7, 11) is 1.65. The molecule has 25 heavy (non-hydrogen) atoms. The molecule has 2 rings (SSSR count). The average Bonchev–Trinajstić information content (AvgIpc) is 3.00. The zero-order chi connectivity index (χ0) is 18.1. The van der Waals surface area contributed by atoms with E-state index < -0.39 is 0 Å². The summed E-state index contributed by atoms with van der Waals surface area (Å²) in [5.41, 5.74) is 0.728. The van der Waals surface area contributed by atoms with Gasteiger partial charge in [0.15, 0.2) is 0 Å². The van der Waals surface area contributed by atoms with Crippen molar-refractivity contribution in [3.05, 3.63) is 24.3 Å². The summed E-state index contributed by atoms with van der Waals surface area (Å²) >= 11 is 0. The minimum Gasteiger partial charge on any atom is -0.492 e. The molecule has 0 bridgehead atoms. The molecule has 0 aliphatic carbocycles. The Morgan fingerprint density at radius 1 is 1.28 bits per heavy atom. The molecule has 1 aromatic rings. The van der Waals surface area contributed by atoms with Crippen molar-refractivity contribution in [3.8, 4) is 5.75 Å². The quantitative estimate of drug-likeness (QED) is 0.611. The lowest BCUT2D eigenvalue weighted by Crippen LogP contribution is -2.37. The number of methoxy groups -OCH3 is 1. The molecule has 1 saturated heterocycles. The monoisotopic (exact) mass is 349 g/mol. The molecule has 1 atom stereocenters. The number of benzene rings is 1. The van der Waals surface area contributed by atoms with Crippen LogP contribution < -0.4 is 20.3 Å². The van der Waals surface area contributed by atoms with E-state index in [-0.39, 0.29) is 24.2 Å². The molecule has 1 unspecified atom stereocenters. The van der Waals surface area contributed by atoms with E-state index in [9.17, 15) is 9.59 Å². The van der Waals surface area contributed by atoms with Crippen molar-refractivity contribution >= 4 is 17.5 Å². The molecule has 0 radical (unpaired) electrons. The number of ether oxygens (including phenoxy) is 2. The Morgan fingerprint density at radius 3 is 2.84 bits per heavy atom. The number of nitrogens with one attached hydrogen (secondary N) is 2. The number of para-hydroxylation sites is 2. The molecule has 1 heterocycles. The Morgan fingerprint density at radius 2 is 2.08 bits per heavy atom. The van der Waals surface area contributed by atoms with Gasteiger partial charge in [0.2, 0.25) is 11.8 Å². The van der Waals surface area contributed by atoms with E-state index in [1.54, 1.807) is 12.0 Å². The van der Waals surface area contributed by atoms with Crippen LogP contribution in [0.1, 0.15) is 13.3 Å². The molecule has 1 aromatic carbocycles. The molecule has 2 N–H and O–H groups in total. The summed E-state index contributed by atoms with van der Waals surface area (Å²) in [6.07, 6.45) is 0.226. The smallest absolute Gasteiger partial charge is 0.227 e. The van der Waals surface area contributed by atoms with Crippen molar-refractivity contribution in [3.63, 3.8) is 0 Å². The molecule has 1 aliphatic heterocycles. The molecule has 0 spiro atoms. The Labute approximate surface area is 148 Å². The standard InChI is InChI=1S/C18H27N3O4/c1-3-25-16-7-5-4-6-15(16)21-13-14(12-17(21)22)18(23)20-9-8-19-10-11-24-2/h4-7,14,19H,3,8-13H2,1-2H3,(H,20,23). The topological polar surface area (TPSA) is 79.9 Å². The van der Waals surface area contributed by atoms with Gasteiger partial charge in [0.05, 0.1) is 24.8 Å². The maximum absolute atomic E-state index is 12.4. The fourth-order valence-corrected chi connectivity index (χ4v) is 2.79. The van der Waals surface area contributed by atoms with Gasteiger partial charge in [-0.1, -0.05) is 12.1 Å². The Kier molecular flexibility index (Phi) is 7.69. The fraction of sp³-hybridized carbons (Fsp3) is 0.556. The molecular formula is C18H27N3O4. The van der Waals surface area contributed by atoms with Crippen molar-refractivity contribution in [1.82, 2.24) is 10.6 Å². The van der Waals surface area contributed by atoms with Crippen molar-refractivity contribution < 1.29 is 19.1 Å². The summed E-state index contributed by atoms with van der Waals surface area (Å²) in [5.74, 6) is 0.201. The van der Waals surface area contributed by atoms with E-state index in [1.807, 2.05) is 31.2 Å². The maximum atomic E-state index is 12.4. The predicted molar refractivity (Wildman–Crippen MR) is 95.8 cm³/mol.